The molecule has 1 amide bonds. The Bertz CT molecular complexity index is 642. The van der Waals surface area contributed by atoms with Crippen LogP contribution in [0.2, 0.25) is 8.67 Å². The summed E-state index contributed by atoms with van der Waals surface area (Å²) in [7, 11) is 0. The lowest BCUT2D eigenvalue weighted by atomic mass is 10.2. The smallest absolute Gasteiger partial charge is 0.323 e. The van der Waals surface area contributed by atoms with Crippen LogP contribution in [-0.2, 0) is 4.79 Å². The third-order valence-electron chi connectivity index (χ3n) is 2.49. The summed E-state index contributed by atoms with van der Waals surface area (Å²) in [4.78, 5) is 24.5. The van der Waals surface area contributed by atoms with Gasteiger partial charge in [0.05, 0.1) is 9.90 Å². The Hall–Kier alpha value is -1.56. The number of carbonyl (C=O) groups is 2. The number of amides is 1. The van der Waals surface area contributed by atoms with E-state index in [0.29, 0.717) is 10.0 Å². The number of para-hydroxylation sites is 1. The second-order valence-corrected chi connectivity index (χ2v) is 6.14. The van der Waals surface area contributed by atoms with Crippen LogP contribution in [0.3, 0.4) is 0 Å². The van der Waals surface area contributed by atoms with E-state index in [4.69, 9.17) is 28.3 Å². The molecule has 0 saturated carbocycles. The van der Waals surface area contributed by atoms with Crippen molar-refractivity contribution in [3.05, 3.63) is 50.6 Å². The van der Waals surface area contributed by atoms with E-state index in [-0.39, 0.29) is 9.90 Å². The number of benzene rings is 1. The molecule has 4 nitrogen and oxygen atoms in total. The SMILES string of the molecule is O=C(O)CN(C(=O)c1cc(Cl)sc1Cl)c1ccccc1. The number of thiophene rings is 1. The molecule has 0 bridgehead atoms. The molecule has 2 aromatic rings. The second kappa shape index (κ2) is 6.26. The van der Waals surface area contributed by atoms with Gasteiger partial charge in [-0.15, -0.1) is 11.3 Å². The molecule has 0 saturated heterocycles. The zero-order valence-electron chi connectivity index (χ0n) is 10.0. The van der Waals surface area contributed by atoms with Crippen LogP contribution in [0.5, 0.6) is 0 Å². The lowest BCUT2D eigenvalue weighted by Crippen LogP contribution is -2.35. The summed E-state index contributed by atoms with van der Waals surface area (Å²) in [5, 5.41) is 8.97. The van der Waals surface area contributed by atoms with E-state index in [1.54, 1.807) is 30.3 Å². The number of carbonyl (C=O) groups excluding carboxylic acids is 1. The Balaban J connectivity index is 2.39. The number of rotatable bonds is 4. The molecule has 104 valence electrons. The fourth-order valence-corrected chi connectivity index (χ4v) is 3.10. The van der Waals surface area contributed by atoms with Gasteiger partial charge in [0.1, 0.15) is 10.9 Å². The number of nitrogens with zero attached hydrogens (tertiary/aromatic N) is 1. The van der Waals surface area contributed by atoms with E-state index in [0.717, 1.165) is 16.2 Å². The summed E-state index contributed by atoms with van der Waals surface area (Å²) >= 11 is 12.8. The number of carboxylic acid groups (broad SMARTS) is 1. The van der Waals surface area contributed by atoms with Crippen molar-refractivity contribution in [1.82, 2.24) is 0 Å². The molecule has 1 aromatic carbocycles. The summed E-state index contributed by atoms with van der Waals surface area (Å²) in [5.74, 6) is -1.61. The zero-order valence-corrected chi connectivity index (χ0v) is 12.4. The van der Waals surface area contributed by atoms with Gasteiger partial charge in [0.15, 0.2) is 0 Å². The fourth-order valence-electron chi connectivity index (χ4n) is 1.66. The maximum atomic E-state index is 12.4. The summed E-state index contributed by atoms with van der Waals surface area (Å²) in [6, 6.07) is 9.97. The van der Waals surface area contributed by atoms with Crippen LogP contribution in [0.4, 0.5) is 5.69 Å². The van der Waals surface area contributed by atoms with Crippen LogP contribution in [0.25, 0.3) is 0 Å². The molecule has 1 heterocycles. The Morgan fingerprint density at radius 3 is 2.35 bits per heavy atom. The third-order valence-corrected chi connectivity index (χ3v) is 3.98. The van der Waals surface area contributed by atoms with Gasteiger partial charge in [-0.25, -0.2) is 0 Å². The molecule has 7 heteroatoms. The van der Waals surface area contributed by atoms with Gasteiger partial charge in [0.2, 0.25) is 0 Å². The highest BCUT2D eigenvalue weighted by molar-refractivity contribution is 7.20. The predicted octanol–water partition coefficient (Wildman–Crippen LogP) is 3.79. The first-order valence-corrected chi connectivity index (χ1v) is 7.10. The lowest BCUT2D eigenvalue weighted by molar-refractivity contribution is -0.135. The molecule has 0 unspecified atom stereocenters. The van der Waals surface area contributed by atoms with Crippen molar-refractivity contribution < 1.29 is 14.7 Å². The van der Waals surface area contributed by atoms with Crippen LogP contribution in [0.1, 0.15) is 10.4 Å². The summed E-state index contributed by atoms with van der Waals surface area (Å²) in [6.07, 6.45) is 0. The molecule has 20 heavy (non-hydrogen) atoms. The van der Waals surface area contributed by atoms with Crippen molar-refractivity contribution in [1.29, 1.82) is 0 Å². The maximum Gasteiger partial charge on any atom is 0.323 e. The maximum absolute atomic E-state index is 12.4. The first-order valence-electron chi connectivity index (χ1n) is 5.52. The van der Waals surface area contributed by atoms with E-state index >= 15 is 0 Å². The average molecular weight is 330 g/mol. The van der Waals surface area contributed by atoms with Crippen LogP contribution < -0.4 is 4.90 Å². The van der Waals surface area contributed by atoms with E-state index in [1.807, 2.05) is 0 Å². The average Bonchev–Trinajstić information content (AvgIpc) is 2.75. The quantitative estimate of drug-likeness (QED) is 0.928. The Labute approximate surface area is 129 Å². The van der Waals surface area contributed by atoms with Crippen molar-refractivity contribution in [2.45, 2.75) is 0 Å². The first kappa shape index (κ1) is 14.8. The van der Waals surface area contributed by atoms with Gasteiger partial charge in [-0.2, -0.15) is 0 Å². The molecular formula is C13H9Cl2NO3S. The summed E-state index contributed by atoms with van der Waals surface area (Å²) in [6.45, 7) is -0.452. The minimum Gasteiger partial charge on any atom is -0.480 e. The van der Waals surface area contributed by atoms with Gasteiger partial charge < -0.3 is 5.11 Å². The third kappa shape index (κ3) is 3.30. The standard InChI is InChI=1S/C13H9Cl2NO3S/c14-10-6-9(12(15)20-10)13(19)16(7-11(17)18)8-4-2-1-3-5-8/h1-6H,7H2,(H,17,18). The highest BCUT2D eigenvalue weighted by atomic mass is 35.5. The Morgan fingerprint density at radius 1 is 1.20 bits per heavy atom. The first-order chi connectivity index (χ1) is 9.49. The van der Waals surface area contributed by atoms with Crippen LogP contribution in [0.15, 0.2) is 36.4 Å². The van der Waals surface area contributed by atoms with E-state index < -0.39 is 18.4 Å². The number of aliphatic carboxylic acids is 1. The highest BCUT2D eigenvalue weighted by Gasteiger charge is 2.23. The number of carboxylic acids is 1. The van der Waals surface area contributed by atoms with Crippen LogP contribution >= 0.6 is 34.5 Å². The predicted molar refractivity (Wildman–Crippen MR) is 80.1 cm³/mol. The minimum absolute atomic E-state index is 0.201. The normalized spacial score (nSPS) is 10.3. The number of halogens is 2. The van der Waals surface area contributed by atoms with Crippen LogP contribution in [0, 0.1) is 0 Å². The van der Waals surface area contributed by atoms with Gasteiger partial charge in [-0.1, -0.05) is 41.4 Å². The fraction of sp³-hybridized carbons (Fsp3) is 0.0769. The molecule has 1 N–H and O–H groups in total. The van der Waals surface area contributed by atoms with Crippen molar-refractivity contribution in [3.63, 3.8) is 0 Å². The highest BCUT2D eigenvalue weighted by Crippen LogP contribution is 2.32. The van der Waals surface area contributed by atoms with Crippen molar-refractivity contribution >= 4 is 52.1 Å². The van der Waals surface area contributed by atoms with Crippen LogP contribution in [-0.4, -0.2) is 23.5 Å². The second-order valence-electron chi connectivity index (χ2n) is 3.86. The monoisotopic (exact) mass is 329 g/mol. The molecule has 0 spiro atoms. The minimum atomic E-state index is -1.11. The Morgan fingerprint density at radius 2 is 1.85 bits per heavy atom. The number of hydrogen-bond donors (Lipinski definition) is 1. The van der Waals surface area contributed by atoms with Gasteiger partial charge in [0, 0.05) is 5.69 Å². The molecule has 0 aliphatic carbocycles. The molecule has 0 radical (unpaired) electrons. The van der Waals surface area contributed by atoms with E-state index in [9.17, 15) is 9.59 Å². The van der Waals surface area contributed by atoms with Gasteiger partial charge >= 0.3 is 5.97 Å². The molecule has 0 fully saturated rings. The molecule has 0 aliphatic heterocycles. The topological polar surface area (TPSA) is 57.6 Å². The van der Waals surface area contributed by atoms with Crippen molar-refractivity contribution in [2.75, 3.05) is 11.4 Å². The van der Waals surface area contributed by atoms with Gasteiger partial charge in [-0.05, 0) is 18.2 Å². The molecule has 0 aliphatic rings. The molecule has 2 rings (SSSR count). The summed E-state index contributed by atoms with van der Waals surface area (Å²) in [5.41, 5.74) is 0.685. The largest absolute Gasteiger partial charge is 0.480 e. The molecular weight excluding hydrogens is 321 g/mol. The van der Waals surface area contributed by atoms with Crippen molar-refractivity contribution in [2.24, 2.45) is 0 Å². The molecule has 1 aromatic heterocycles. The zero-order chi connectivity index (χ0) is 14.7. The summed E-state index contributed by atoms with van der Waals surface area (Å²) < 4.78 is 0.619. The van der Waals surface area contributed by atoms with Gasteiger partial charge in [-0.3, -0.25) is 14.5 Å². The van der Waals surface area contributed by atoms with E-state index in [2.05, 4.69) is 0 Å². The Kier molecular flexibility index (Phi) is 4.65. The molecule has 0 atom stereocenters. The van der Waals surface area contributed by atoms with E-state index in [1.165, 1.54) is 6.07 Å². The van der Waals surface area contributed by atoms with Crippen molar-refractivity contribution in [3.8, 4) is 0 Å². The number of hydrogen-bond acceptors (Lipinski definition) is 3. The van der Waals surface area contributed by atoms with Gasteiger partial charge in [0.25, 0.3) is 5.91 Å². The number of anilines is 1. The lowest BCUT2D eigenvalue weighted by Gasteiger charge is -2.20.